The molecule has 0 radical (unpaired) electrons. The predicted molar refractivity (Wildman–Crippen MR) is 94.0 cm³/mol. The van der Waals surface area contributed by atoms with Crippen LogP contribution in [-0.4, -0.2) is 23.6 Å². The normalized spacial score (nSPS) is 17.4. The smallest absolute Gasteiger partial charge is 0.288 e. The van der Waals surface area contributed by atoms with Crippen LogP contribution in [-0.2, 0) is 9.59 Å². The van der Waals surface area contributed by atoms with Crippen molar-refractivity contribution < 1.29 is 18.4 Å². The molecule has 1 fully saturated rings. The minimum Gasteiger partial charge on any atom is -0.373 e. The number of nitrogens with one attached hydrogen (secondary N) is 1. The van der Waals surface area contributed by atoms with E-state index in [2.05, 4.69) is 5.32 Å². The van der Waals surface area contributed by atoms with Crippen LogP contribution < -0.4 is 10.2 Å². The molecular weight excluding hydrogens is 346 g/mol. The quantitative estimate of drug-likeness (QED) is 0.644. The molecule has 0 bridgehead atoms. The zero-order valence-corrected chi connectivity index (χ0v) is 14.2. The van der Waals surface area contributed by atoms with Gasteiger partial charge in [-0.3, -0.25) is 9.59 Å². The Bertz CT molecular complexity index is 796. The Morgan fingerprint density at radius 2 is 1.88 bits per heavy atom. The minimum absolute atomic E-state index is 0.0559. The molecule has 0 spiro atoms. The van der Waals surface area contributed by atoms with Crippen LogP contribution in [0.2, 0.25) is 0 Å². The standard InChI is InChI=1S/C18H16F2N2O2S/c1-11-3-2-4-12(9-11)21-15-10-16(23)22(17(15)24)13-5-7-14(8-6-13)25-18(19)20/h2-9,15,18,21H,10H2,1H3/t15-/m0/s1. The monoisotopic (exact) mass is 362 g/mol. The summed E-state index contributed by atoms with van der Waals surface area (Å²) in [5, 5.41) is 3.08. The molecule has 25 heavy (non-hydrogen) atoms. The van der Waals surface area contributed by atoms with Crippen LogP contribution in [0.4, 0.5) is 20.2 Å². The van der Waals surface area contributed by atoms with Gasteiger partial charge in [0.25, 0.3) is 11.7 Å². The summed E-state index contributed by atoms with van der Waals surface area (Å²) in [7, 11) is 0. The van der Waals surface area contributed by atoms with Crippen molar-refractivity contribution in [1.29, 1.82) is 0 Å². The highest BCUT2D eigenvalue weighted by Crippen LogP contribution is 2.30. The summed E-state index contributed by atoms with van der Waals surface area (Å²) in [4.78, 5) is 26.3. The van der Waals surface area contributed by atoms with Gasteiger partial charge >= 0.3 is 0 Å². The first-order chi connectivity index (χ1) is 11.9. The molecule has 0 aromatic heterocycles. The third-order valence-corrected chi connectivity index (χ3v) is 4.55. The van der Waals surface area contributed by atoms with E-state index < -0.39 is 11.8 Å². The van der Waals surface area contributed by atoms with E-state index in [1.54, 1.807) is 0 Å². The number of aryl methyl sites for hydroxylation is 1. The predicted octanol–water partition coefficient (Wildman–Crippen LogP) is 4.05. The summed E-state index contributed by atoms with van der Waals surface area (Å²) in [6.45, 7) is 1.94. The van der Waals surface area contributed by atoms with Crippen molar-refractivity contribution in [3.63, 3.8) is 0 Å². The van der Waals surface area contributed by atoms with Gasteiger partial charge < -0.3 is 5.32 Å². The second kappa shape index (κ2) is 7.23. The molecule has 0 unspecified atom stereocenters. The Morgan fingerprint density at radius 3 is 2.52 bits per heavy atom. The van der Waals surface area contributed by atoms with Crippen molar-refractivity contribution in [1.82, 2.24) is 0 Å². The zero-order chi connectivity index (χ0) is 18.0. The summed E-state index contributed by atoms with van der Waals surface area (Å²) in [6, 6.07) is 12.9. The SMILES string of the molecule is Cc1cccc(N[C@H]2CC(=O)N(c3ccc(SC(F)F)cc3)C2=O)c1. The summed E-state index contributed by atoms with van der Waals surface area (Å²) < 4.78 is 24.7. The van der Waals surface area contributed by atoms with Gasteiger partial charge in [-0.25, -0.2) is 4.90 Å². The van der Waals surface area contributed by atoms with Crippen LogP contribution in [0.15, 0.2) is 53.4 Å². The molecule has 2 aromatic carbocycles. The first-order valence-electron chi connectivity index (χ1n) is 7.69. The maximum Gasteiger partial charge on any atom is 0.288 e. The Balaban J connectivity index is 1.75. The van der Waals surface area contributed by atoms with Gasteiger partial charge in [-0.1, -0.05) is 23.9 Å². The molecule has 0 aliphatic carbocycles. The van der Waals surface area contributed by atoms with Gasteiger partial charge in [0.1, 0.15) is 6.04 Å². The zero-order valence-electron chi connectivity index (χ0n) is 13.4. The number of alkyl halides is 2. The molecule has 4 nitrogen and oxygen atoms in total. The van der Waals surface area contributed by atoms with E-state index in [1.165, 1.54) is 24.3 Å². The minimum atomic E-state index is -2.51. The molecule has 1 heterocycles. The Labute approximate surface area is 148 Å². The van der Waals surface area contributed by atoms with Crippen LogP contribution >= 0.6 is 11.8 Å². The van der Waals surface area contributed by atoms with Crippen molar-refractivity contribution >= 4 is 35.0 Å². The van der Waals surface area contributed by atoms with Crippen LogP contribution in [0, 0.1) is 6.92 Å². The second-order valence-corrected chi connectivity index (χ2v) is 6.77. The number of amides is 2. The van der Waals surface area contributed by atoms with Gasteiger partial charge in [0.2, 0.25) is 5.91 Å². The number of halogens is 2. The van der Waals surface area contributed by atoms with Gasteiger partial charge in [-0.2, -0.15) is 8.78 Å². The van der Waals surface area contributed by atoms with Crippen molar-refractivity contribution in [3.8, 4) is 0 Å². The van der Waals surface area contributed by atoms with Crippen LogP contribution in [0.25, 0.3) is 0 Å². The first-order valence-corrected chi connectivity index (χ1v) is 8.57. The maximum atomic E-state index is 12.6. The molecule has 1 atom stereocenters. The average molecular weight is 362 g/mol. The fraction of sp³-hybridized carbons (Fsp3) is 0.222. The van der Waals surface area contributed by atoms with Gasteiger partial charge in [-0.15, -0.1) is 0 Å². The Hall–Kier alpha value is -2.41. The number of benzene rings is 2. The molecule has 0 saturated carbocycles. The number of hydrogen-bond donors (Lipinski definition) is 1. The number of rotatable bonds is 5. The molecule has 1 aliphatic heterocycles. The van der Waals surface area contributed by atoms with Gasteiger partial charge in [0.15, 0.2) is 0 Å². The van der Waals surface area contributed by atoms with Crippen LogP contribution in [0.3, 0.4) is 0 Å². The molecule has 3 rings (SSSR count). The fourth-order valence-electron chi connectivity index (χ4n) is 2.73. The van der Waals surface area contributed by atoms with Crippen LogP contribution in [0.1, 0.15) is 12.0 Å². The number of thioether (sulfide) groups is 1. The summed E-state index contributed by atoms with van der Waals surface area (Å²) in [6.07, 6.45) is 0.0559. The summed E-state index contributed by atoms with van der Waals surface area (Å²) in [5.41, 5.74) is 2.21. The molecule has 130 valence electrons. The van der Waals surface area contributed by atoms with E-state index in [0.717, 1.165) is 16.2 Å². The number of imide groups is 1. The van der Waals surface area contributed by atoms with Gasteiger partial charge in [0.05, 0.1) is 12.1 Å². The number of hydrogen-bond acceptors (Lipinski definition) is 4. The summed E-state index contributed by atoms with van der Waals surface area (Å²) >= 11 is 0.421. The van der Waals surface area contributed by atoms with E-state index in [1.807, 2.05) is 31.2 Å². The lowest BCUT2D eigenvalue weighted by Gasteiger charge is -2.16. The van der Waals surface area contributed by atoms with E-state index in [9.17, 15) is 18.4 Å². The third kappa shape index (κ3) is 3.99. The highest BCUT2D eigenvalue weighted by atomic mass is 32.2. The number of carbonyl (C=O) groups excluding carboxylic acids is 2. The van der Waals surface area contributed by atoms with Gasteiger partial charge in [-0.05, 0) is 48.9 Å². The molecule has 2 aromatic rings. The molecule has 2 amide bonds. The van der Waals surface area contributed by atoms with Gasteiger partial charge in [0, 0.05) is 10.6 Å². The largest absolute Gasteiger partial charge is 0.373 e. The number of anilines is 2. The maximum absolute atomic E-state index is 12.6. The first kappa shape index (κ1) is 17.4. The Kier molecular flexibility index (Phi) is 5.03. The lowest BCUT2D eigenvalue weighted by atomic mass is 10.2. The van der Waals surface area contributed by atoms with Crippen molar-refractivity contribution in [2.24, 2.45) is 0 Å². The molecule has 7 heteroatoms. The highest BCUT2D eigenvalue weighted by molar-refractivity contribution is 7.99. The lowest BCUT2D eigenvalue weighted by molar-refractivity contribution is -0.121. The van der Waals surface area contributed by atoms with E-state index >= 15 is 0 Å². The molecular formula is C18H16F2N2O2S. The average Bonchev–Trinajstić information content (AvgIpc) is 2.82. The lowest BCUT2D eigenvalue weighted by Crippen LogP contribution is -2.34. The molecule has 1 saturated heterocycles. The number of carbonyl (C=O) groups is 2. The second-order valence-electron chi connectivity index (χ2n) is 5.71. The van der Waals surface area contributed by atoms with E-state index in [4.69, 9.17) is 0 Å². The van der Waals surface area contributed by atoms with E-state index in [-0.39, 0.29) is 18.2 Å². The number of nitrogens with zero attached hydrogens (tertiary/aromatic N) is 1. The Morgan fingerprint density at radius 1 is 1.16 bits per heavy atom. The van der Waals surface area contributed by atoms with Crippen molar-refractivity contribution in [2.45, 2.75) is 30.0 Å². The fourth-order valence-corrected chi connectivity index (χ4v) is 3.23. The summed E-state index contributed by atoms with van der Waals surface area (Å²) in [5.74, 6) is -3.17. The van der Waals surface area contributed by atoms with Crippen molar-refractivity contribution in [2.75, 3.05) is 10.2 Å². The van der Waals surface area contributed by atoms with Crippen molar-refractivity contribution in [3.05, 3.63) is 54.1 Å². The van der Waals surface area contributed by atoms with Crippen LogP contribution in [0.5, 0.6) is 0 Å². The highest BCUT2D eigenvalue weighted by Gasteiger charge is 2.39. The third-order valence-electron chi connectivity index (χ3n) is 3.83. The topological polar surface area (TPSA) is 49.4 Å². The molecule has 1 aliphatic rings. The molecule has 1 N–H and O–H groups in total. The van der Waals surface area contributed by atoms with E-state index in [0.29, 0.717) is 22.3 Å².